The maximum atomic E-state index is 13.2. The molecule has 1 heterocycles. The van der Waals surface area contributed by atoms with Crippen molar-refractivity contribution in [1.29, 1.82) is 0 Å². The molecular formula is C27H40N6O7. The first kappa shape index (κ1) is 32.2. The number of fused-ring (bicyclic) bond motifs is 1. The lowest BCUT2D eigenvalue weighted by molar-refractivity contribution is -0.143. The molecule has 40 heavy (non-hydrogen) atoms. The minimum atomic E-state index is -1.56. The van der Waals surface area contributed by atoms with Crippen molar-refractivity contribution in [3.05, 3.63) is 36.0 Å². The van der Waals surface area contributed by atoms with E-state index in [0.29, 0.717) is 19.4 Å². The molecule has 0 spiro atoms. The third kappa shape index (κ3) is 9.97. The van der Waals surface area contributed by atoms with Crippen molar-refractivity contribution in [3.63, 3.8) is 0 Å². The van der Waals surface area contributed by atoms with E-state index < -0.39 is 60.2 Å². The highest BCUT2D eigenvalue weighted by atomic mass is 16.4. The number of rotatable bonds is 17. The fourth-order valence-corrected chi connectivity index (χ4v) is 4.29. The monoisotopic (exact) mass is 560 g/mol. The van der Waals surface area contributed by atoms with Gasteiger partial charge in [-0.1, -0.05) is 32.0 Å². The number of aliphatic carboxylic acids is 2. The summed E-state index contributed by atoms with van der Waals surface area (Å²) in [6.07, 6.45) is 2.46. The van der Waals surface area contributed by atoms with Gasteiger partial charge >= 0.3 is 11.9 Å². The molecule has 4 unspecified atom stereocenters. The first-order chi connectivity index (χ1) is 18.9. The molecule has 2 rings (SSSR count). The molecule has 3 amide bonds. The van der Waals surface area contributed by atoms with Crippen molar-refractivity contribution >= 4 is 40.6 Å². The Balaban J connectivity index is 2.11. The van der Waals surface area contributed by atoms with Crippen LogP contribution in [0.5, 0.6) is 0 Å². The van der Waals surface area contributed by atoms with Crippen LogP contribution in [0, 0.1) is 5.92 Å². The number of aromatic amines is 1. The maximum Gasteiger partial charge on any atom is 0.326 e. The molecule has 4 atom stereocenters. The number of benzene rings is 1. The molecule has 0 radical (unpaired) electrons. The summed E-state index contributed by atoms with van der Waals surface area (Å²) in [6.45, 7) is 4.02. The van der Waals surface area contributed by atoms with E-state index in [4.69, 9.17) is 11.5 Å². The fraction of sp³-hybridized carbons (Fsp3) is 0.519. The van der Waals surface area contributed by atoms with E-state index >= 15 is 0 Å². The van der Waals surface area contributed by atoms with Crippen molar-refractivity contribution in [2.75, 3.05) is 6.54 Å². The molecule has 0 aliphatic carbocycles. The molecule has 1 aromatic heterocycles. The molecule has 0 bridgehead atoms. The average Bonchev–Trinajstić information content (AvgIpc) is 3.29. The number of aromatic nitrogens is 1. The van der Waals surface area contributed by atoms with Crippen LogP contribution in [0.1, 0.15) is 51.5 Å². The Kier molecular flexibility index (Phi) is 12.6. The van der Waals surface area contributed by atoms with Gasteiger partial charge in [-0.2, -0.15) is 0 Å². The van der Waals surface area contributed by atoms with E-state index in [2.05, 4.69) is 20.9 Å². The summed E-state index contributed by atoms with van der Waals surface area (Å²) < 4.78 is 0. The normalized spacial score (nSPS) is 14.2. The second-order valence-corrected chi connectivity index (χ2v) is 10.2. The van der Waals surface area contributed by atoms with Crippen LogP contribution < -0.4 is 27.4 Å². The SMILES string of the molecule is CC(C)CC(NC(=O)C(N)Cc1c[nH]c2ccccc12)C(=O)NC(CC(=O)O)C(=O)NC(CCCCN)C(=O)O. The van der Waals surface area contributed by atoms with Crippen LogP contribution >= 0.6 is 0 Å². The number of H-pyrrole nitrogens is 1. The number of carboxylic acid groups (broad SMARTS) is 2. The number of para-hydroxylation sites is 1. The Morgan fingerprint density at radius 1 is 0.900 bits per heavy atom. The zero-order chi connectivity index (χ0) is 29.8. The molecule has 0 saturated carbocycles. The van der Waals surface area contributed by atoms with Gasteiger partial charge in [-0.05, 0) is 56.2 Å². The number of amides is 3. The van der Waals surface area contributed by atoms with Gasteiger partial charge in [0.1, 0.15) is 18.1 Å². The van der Waals surface area contributed by atoms with E-state index in [9.17, 15) is 34.2 Å². The Labute approximate surface area is 232 Å². The van der Waals surface area contributed by atoms with Crippen LogP contribution in [0.2, 0.25) is 0 Å². The Hall–Kier alpha value is -3.97. The van der Waals surface area contributed by atoms with E-state index in [1.165, 1.54) is 0 Å². The molecule has 13 heteroatoms. The van der Waals surface area contributed by atoms with Gasteiger partial charge in [0, 0.05) is 17.1 Å². The molecule has 0 saturated heterocycles. The summed E-state index contributed by atoms with van der Waals surface area (Å²) in [6, 6.07) is 2.63. The van der Waals surface area contributed by atoms with Gasteiger partial charge in [-0.15, -0.1) is 0 Å². The standard InChI is InChI=1S/C27H40N6O7/c1-15(2)11-21(32-24(36)18(29)12-16-14-30-19-8-4-3-7-17(16)19)25(37)33-22(13-23(34)35)26(38)31-20(27(39)40)9-5-6-10-28/h3-4,7-8,14-15,18,20-22,30H,5-6,9-13,28-29H2,1-2H3,(H,31,38)(H,32,36)(H,33,37)(H,34,35)(H,39,40). The van der Waals surface area contributed by atoms with Crippen LogP contribution in [0.4, 0.5) is 0 Å². The number of carbonyl (C=O) groups is 5. The first-order valence-electron chi connectivity index (χ1n) is 13.3. The van der Waals surface area contributed by atoms with Crippen molar-refractivity contribution in [2.45, 2.75) is 76.5 Å². The maximum absolute atomic E-state index is 13.2. The first-order valence-corrected chi connectivity index (χ1v) is 13.3. The molecule has 220 valence electrons. The molecule has 2 aromatic rings. The second kappa shape index (κ2) is 15.6. The zero-order valence-electron chi connectivity index (χ0n) is 22.8. The van der Waals surface area contributed by atoms with Gasteiger partial charge in [0.15, 0.2) is 0 Å². The number of carbonyl (C=O) groups excluding carboxylic acids is 3. The van der Waals surface area contributed by atoms with Crippen LogP contribution in [-0.4, -0.2) is 75.6 Å². The van der Waals surface area contributed by atoms with Gasteiger partial charge in [0.2, 0.25) is 17.7 Å². The van der Waals surface area contributed by atoms with E-state index in [1.54, 1.807) is 6.20 Å². The summed E-state index contributed by atoms with van der Waals surface area (Å²) in [7, 11) is 0. The van der Waals surface area contributed by atoms with Gasteiger partial charge in [0.25, 0.3) is 0 Å². The lowest BCUT2D eigenvalue weighted by Crippen LogP contribution is -2.57. The number of nitrogens with one attached hydrogen (secondary N) is 4. The lowest BCUT2D eigenvalue weighted by atomic mass is 10.0. The van der Waals surface area contributed by atoms with Gasteiger partial charge in [-0.25, -0.2) is 4.79 Å². The quantitative estimate of drug-likeness (QED) is 0.124. The molecule has 10 N–H and O–H groups in total. The summed E-state index contributed by atoms with van der Waals surface area (Å²) in [5, 5.41) is 27.0. The summed E-state index contributed by atoms with van der Waals surface area (Å²) >= 11 is 0. The topological polar surface area (TPSA) is 230 Å². The van der Waals surface area contributed by atoms with Crippen LogP contribution in [0.25, 0.3) is 10.9 Å². The van der Waals surface area contributed by atoms with Gasteiger partial charge in [0.05, 0.1) is 12.5 Å². The zero-order valence-corrected chi connectivity index (χ0v) is 22.8. The number of unbranched alkanes of at least 4 members (excludes halogenated alkanes) is 1. The second-order valence-electron chi connectivity index (χ2n) is 10.2. The van der Waals surface area contributed by atoms with E-state index in [-0.39, 0.29) is 25.2 Å². The van der Waals surface area contributed by atoms with Crippen LogP contribution in [0.3, 0.4) is 0 Å². The number of nitrogens with two attached hydrogens (primary N) is 2. The summed E-state index contributed by atoms with van der Waals surface area (Å²) in [5.74, 6) is -5.04. The van der Waals surface area contributed by atoms with E-state index in [1.807, 2.05) is 38.1 Å². The predicted molar refractivity (Wildman–Crippen MR) is 148 cm³/mol. The smallest absolute Gasteiger partial charge is 0.326 e. The largest absolute Gasteiger partial charge is 0.481 e. The Morgan fingerprint density at radius 2 is 1.52 bits per heavy atom. The highest BCUT2D eigenvalue weighted by Crippen LogP contribution is 2.19. The van der Waals surface area contributed by atoms with Gasteiger partial charge in [-0.3, -0.25) is 19.2 Å². The highest BCUT2D eigenvalue weighted by molar-refractivity contribution is 5.95. The molecule has 13 nitrogen and oxygen atoms in total. The van der Waals surface area contributed by atoms with Crippen LogP contribution in [-0.2, 0) is 30.4 Å². The third-order valence-electron chi connectivity index (χ3n) is 6.36. The third-order valence-corrected chi connectivity index (χ3v) is 6.36. The average molecular weight is 561 g/mol. The number of hydrogen-bond acceptors (Lipinski definition) is 7. The van der Waals surface area contributed by atoms with Crippen molar-refractivity contribution in [1.82, 2.24) is 20.9 Å². The number of hydrogen-bond donors (Lipinski definition) is 8. The van der Waals surface area contributed by atoms with Crippen molar-refractivity contribution in [2.24, 2.45) is 17.4 Å². The fourth-order valence-electron chi connectivity index (χ4n) is 4.29. The van der Waals surface area contributed by atoms with Crippen molar-refractivity contribution in [3.8, 4) is 0 Å². The van der Waals surface area contributed by atoms with Crippen molar-refractivity contribution < 1.29 is 34.2 Å². The van der Waals surface area contributed by atoms with Gasteiger partial charge < -0.3 is 42.6 Å². The summed E-state index contributed by atoms with van der Waals surface area (Å²) in [4.78, 5) is 65.1. The minimum absolute atomic E-state index is 0.0495. The highest BCUT2D eigenvalue weighted by Gasteiger charge is 2.32. The Morgan fingerprint density at radius 3 is 2.15 bits per heavy atom. The molecule has 1 aromatic carbocycles. The molecule has 0 aliphatic rings. The van der Waals surface area contributed by atoms with E-state index in [0.717, 1.165) is 16.5 Å². The predicted octanol–water partition coefficient (Wildman–Crippen LogP) is 0.227. The lowest BCUT2D eigenvalue weighted by Gasteiger charge is -2.25. The minimum Gasteiger partial charge on any atom is -0.481 e. The Bertz CT molecular complexity index is 1180. The number of carboxylic acids is 2. The summed E-state index contributed by atoms with van der Waals surface area (Å²) in [5.41, 5.74) is 13.3. The molecule has 0 fully saturated rings. The van der Waals surface area contributed by atoms with Crippen LogP contribution in [0.15, 0.2) is 30.5 Å². The molecular weight excluding hydrogens is 520 g/mol. The molecule has 0 aliphatic heterocycles.